The Hall–Kier alpha value is -2.06. The van der Waals surface area contributed by atoms with Crippen LogP contribution in [0.3, 0.4) is 0 Å². The summed E-state index contributed by atoms with van der Waals surface area (Å²) in [7, 11) is 0. The Kier molecular flexibility index (Phi) is 4.53. The molecule has 0 aliphatic heterocycles. The highest BCUT2D eigenvalue weighted by Gasteiger charge is 2.39. The molecule has 0 bridgehead atoms. The van der Waals surface area contributed by atoms with Gasteiger partial charge in [-0.2, -0.15) is 0 Å². The van der Waals surface area contributed by atoms with Crippen molar-refractivity contribution in [3.8, 4) is 0 Å². The number of aromatic nitrogens is 4. The minimum atomic E-state index is -1.24. The first-order chi connectivity index (χ1) is 11.2. The number of hydrogen-bond acceptors (Lipinski definition) is 6. The second-order valence-electron chi connectivity index (χ2n) is 5.31. The molecule has 1 aliphatic carbocycles. The van der Waals surface area contributed by atoms with E-state index < -0.39 is 18.3 Å². The lowest BCUT2D eigenvalue weighted by molar-refractivity contribution is -0.0948. The number of halogens is 1. The summed E-state index contributed by atoms with van der Waals surface area (Å²) in [6.07, 6.45) is 3.62. The van der Waals surface area contributed by atoms with E-state index in [1.54, 1.807) is 10.9 Å². The summed E-state index contributed by atoms with van der Waals surface area (Å²) in [6, 6.07) is -0.532. The van der Waals surface area contributed by atoms with Gasteiger partial charge in [-0.1, -0.05) is 13.0 Å². The lowest BCUT2D eigenvalue weighted by Crippen LogP contribution is -2.29. The van der Waals surface area contributed by atoms with Gasteiger partial charge < -0.3 is 19.8 Å². The highest BCUT2D eigenvalue weighted by molar-refractivity contribution is 5.81. The van der Waals surface area contributed by atoms with E-state index in [1.165, 1.54) is 6.33 Å². The van der Waals surface area contributed by atoms with Crippen molar-refractivity contribution in [3.63, 3.8) is 0 Å². The van der Waals surface area contributed by atoms with E-state index in [0.717, 1.165) is 5.57 Å². The van der Waals surface area contributed by atoms with Gasteiger partial charge in [0.2, 0.25) is 0 Å². The SMILES string of the molecule is CCOCO[C@H]1C(CC)=C[C@@H](n2cnc3c(N)ncnc32)C1F. The predicted octanol–water partition coefficient (Wildman–Crippen LogP) is 2.02. The van der Waals surface area contributed by atoms with Crippen LogP contribution in [0.15, 0.2) is 24.3 Å². The number of rotatable bonds is 6. The van der Waals surface area contributed by atoms with Crippen molar-refractivity contribution >= 4 is 17.0 Å². The minimum absolute atomic E-state index is 0.0748. The molecule has 0 aromatic carbocycles. The Bertz CT molecular complexity index is 717. The van der Waals surface area contributed by atoms with Crippen LogP contribution in [0, 0.1) is 0 Å². The molecule has 0 fully saturated rings. The van der Waals surface area contributed by atoms with Gasteiger partial charge in [-0.15, -0.1) is 0 Å². The van der Waals surface area contributed by atoms with Crippen molar-refractivity contribution < 1.29 is 13.9 Å². The zero-order valence-electron chi connectivity index (χ0n) is 13.1. The smallest absolute Gasteiger partial charge is 0.166 e. The van der Waals surface area contributed by atoms with Gasteiger partial charge in [0.25, 0.3) is 0 Å². The summed E-state index contributed by atoms with van der Waals surface area (Å²) in [4.78, 5) is 12.3. The Labute approximate surface area is 133 Å². The number of nitrogens with two attached hydrogens (primary N) is 1. The monoisotopic (exact) mass is 321 g/mol. The van der Waals surface area contributed by atoms with Crippen molar-refractivity contribution in [2.75, 3.05) is 19.1 Å². The third-order valence-electron chi connectivity index (χ3n) is 4.02. The van der Waals surface area contributed by atoms with Crippen LogP contribution in [0.25, 0.3) is 11.2 Å². The molecule has 1 aliphatic rings. The molecule has 8 heteroatoms. The molecular weight excluding hydrogens is 301 g/mol. The van der Waals surface area contributed by atoms with Crippen LogP contribution >= 0.6 is 0 Å². The van der Waals surface area contributed by atoms with Gasteiger partial charge in [-0.25, -0.2) is 19.3 Å². The van der Waals surface area contributed by atoms with Crippen LogP contribution in [0.5, 0.6) is 0 Å². The average molecular weight is 321 g/mol. The van der Waals surface area contributed by atoms with Gasteiger partial charge in [-0.05, 0) is 18.9 Å². The topological polar surface area (TPSA) is 88.1 Å². The molecule has 2 N–H and O–H groups in total. The Morgan fingerprint density at radius 2 is 2.13 bits per heavy atom. The fraction of sp³-hybridized carbons (Fsp3) is 0.533. The van der Waals surface area contributed by atoms with E-state index in [9.17, 15) is 4.39 Å². The molecule has 0 saturated heterocycles. The van der Waals surface area contributed by atoms with Gasteiger partial charge in [0, 0.05) is 6.61 Å². The van der Waals surface area contributed by atoms with Crippen molar-refractivity contribution in [2.45, 2.75) is 38.6 Å². The lowest BCUT2D eigenvalue weighted by Gasteiger charge is -2.21. The van der Waals surface area contributed by atoms with Crippen molar-refractivity contribution in [1.29, 1.82) is 0 Å². The molecule has 124 valence electrons. The standard InChI is InChI=1S/C15H20FN5O2/c1-3-9-5-10(11(16)13(9)23-8-22-4-2)21-7-20-12-14(17)18-6-19-15(12)21/h5-7,10-11,13H,3-4,8H2,1-2H3,(H2,17,18,19)/t10-,11?,13+/m1/s1. The molecule has 0 saturated carbocycles. The second kappa shape index (κ2) is 6.59. The Balaban J connectivity index is 1.90. The summed E-state index contributed by atoms with van der Waals surface area (Å²) in [5.41, 5.74) is 7.69. The molecule has 0 radical (unpaired) electrons. The summed E-state index contributed by atoms with van der Waals surface area (Å²) < 4.78 is 27.4. The number of ether oxygens (including phenoxy) is 2. The third-order valence-corrected chi connectivity index (χ3v) is 4.02. The molecule has 0 spiro atoms. The quantitative estimate of drug-likeness (QED) is 0.497. The Morgan fingerprint density at radius 1 is 1.30 bits per heavy atom. The van der Waals surface area contributed by atoms with E-state index in [-0.39, 0.29) is 12.6 Å². The fourth-order valence-electron chi connectivity index (χ4n) is 2.83. The zero-order valence-corrected chi connectivity index (χ0v) is 13.1. The first-order valence-corrected chi connectivity index (χ1v) is 7.64. The molecule has 3 rings (SSSR count). The highest BCUT2D eigenvalue weighted by atomic mass is 19.1. The molecule has 1 unspecified atom stereocenters. The van der Waals surface area contributed by atoms with Crippen LogP contribution in [-0.4, -0.2) is 45.2 Å². The van der Waals surface area contributed by atoms with Crippen LogP contribution in [0.4, 0.5) is 10.2 Å². The normalized spacial score (nSPS) is 24.3. The summed E-state index contributed by atoms with van der Waals surface area (Å²) in [5, 5.41) is 0. The third kappa shape index (κ3) is 2.79. The van der Waals surface area contributed by atoms with Crippen LogP contribution in [0.1, 0.15) is 26.3 Å². The number of nitrogens with zero attached hydrogens (tertiary/aromatic N) is 4. The van der Waals surface area contributed by atoms with Crippen molar-refractivity contribution in [2.24, 2.45) is 0 Å². The predicted molar refractivity (Wildman–Crippen MR) is 83.4 cm³/mol. The molecule has 23 heavy (non-hydrogen) atoms. The van der Waals surface area contributed by atoms with Crippen molar-refractivity contribution in [3.05, 3.63) is 24.3 Å². The van der Waals surface area contributed by atoms with E-state index in [4.69, 9.17) is 15.2 Å². The molecule has 2 aromatic rings. The molecule has 3 atom stereocenters. The zero-order chi connectivity index (χ0) is 16.4. The number of imidazole rings is 1. The molecule has 0 amide bonds. The number of alkyl halides is 1. The van der Waals surface area contributed by atoms with Gasteiger partial charge in [0.15, 0.2) is 17.6 Å². The van der Waals surface area contributed by atoms with E-state index >= 15 is 0 Å². The average Bonchev–Trinajstić information content (AvgIpc) is 3.10. The number of allylic oxidation sites excluding steroid dienone is 1. The maximum Gasteiger partial charge on any atom is 0.166 e. The van der Waals surface area contributed by atoms with E-state index in [2.05, 4.69) is 15.0 Å². The summed E-state index contributed by atoms with van der Waals surface area (Å²) in [5.74, 6) is 0.283. The molecule has 7 nitrogen and oxygen atoms in total. The summed E-state index contributed by atoms with van der Waals surface area (Å²) in [6.45, 7) is 4.45. The van der Waals surface area contributed by atoms with Crippen LogP contribution in [-0.2, 0) is 9.47 Å². The molecule has 2 heterocycles. The maximum absolute atomic E-state index is 15.0. The second-order valence-corrected chi connectivity index (χ2v) is 5.31. The molecular formula is C15H20FN5O2. The maximum atomic E-state index is 15.0. The first-order valence-electron chi connectivity index (χ1n) is 7.64. The minimum Gasteiger partial charge on any atom is -0.382 e. The number of nitrogen functional groups attached to an aromatic ring is 1. The van der Waals surface area contributed by atoms with Crippen LogP contribution < -0.4 is 5.73 Å². The number of anilines is 1. The number of hydrogen-bond donors (Lipinski definition) is 1. The van der Waals surface area contributed by atoms with Gasteiger partial charge in [0.05, 0.1) is 12.4 Å². The van der Waals surface area contributed by atoms with Gasteiger partial charge in [-0.3, -0.25) is 0 Å². The lowest BCUT2D eigenvalue weighted by atomic mass is 10.1. The van der Waals surface area contributed by atoms with Crippen LogP contribution in [0.2, 0.25) is 0 Å². The van der Waals surface area contributed by atoms with Gasteiger partial charge in [0.1, 0.15) is 24.7 Å². The van der Waals surface area contributed by atoms with E-state index in [1.807, 2.05) is 19.9 Å². The first kappa shape index (κ1) is 15.8. The van der Waals surface area contributed by atoms with E-state index in [0.29, 0.717) is 24.2 Å². The van der Waals surface area contributed by atoms with Crippen molar-refractivity contribution in [1.82, 2.24) is 19.5 Å². The number of fused-ring (bicyclic) bond motifs is 1. The van der Waals surface area contributed by atoms with Gasteiger partial charge >= 0.3 is 0 Å². The fourth-order valence-corrected chi connectivity index (χ4v) is 2.83. The molecule has 2 aromatic heterocycles. The highest BCUT2D eigenvalue weighted by Crippen LogP contribution is 2.36. The summed E-state index contributed by atoms with van der Waals surface area (Å²) >= 11 is 0. The Morgan fingerprint density at radius 3 is 2.87 bits per heavy atom. The largest absolute Gasteiger partial charge is 0.382 e.